The van der Waals surface area contributed by atoms with Gasteiger partial charge in [-0.1, -0.05) is 30.3 Å². The highest BCUT2D eigenvalue weighted by molar-refractivity contribution is 5.60. The van der Waals surface area contributed by atoms with Crippen LogP contribution in [0.25, 0.3) is 17.5 Å². The molecule has 0 bridgehead atoms. The molecule has 1 aromatic carbocycles. The van der Waals surface area contributed by atoms with Gasteiger partial charge in [-0.25, -0.2) is 4.98 Å². The van der Waals surface area contributed by atoms with Crippen molar-refractivity contribution in [2.24, 2.45) is 0 Å². The van der Waals surface area contributed by atoms with Gasteiger partial charge in [-0.3, -0.25) is 0 Å². The third kappa shape index (κ3) is 1.42. The van der Waals surface area contributed by atoms with Crippen LogP contribution in [0, 0.1) is 0 Å². The van der Waals surface area contributed by atoms with E-state index in [-0.39, 0.29) is 0 Å². The highest BCUT2D eigenvalue weighted by Crippen LogP contribution is 2.19. The molecule has 15 heavy (non-hydrogen) atoms. The SMILES string of the molecule is C1=Cc2[nH]c(-c3ccccc3)nc2CN1. The number of nitrogens with zero attached hydrogens (tertiary/aromatic N) is 1. The number of aromatic amines is 1. The molecule has 0 unspecified atom stereocenters. The summed E-state index contributed by atoms with van der Waals surface area (Å²) in [7, 11) is 0. The Bertz CT molecular complexity index is 497. The second-order valence-electron chi connectivity index (χ2n) is 3.53. The predicted molar refractivity (Wildman–Crippen MR) is 59.9 cm³/mol. The summed E-state index contributed by atoms with van der Waals surface area (Å²) in [6.07, 6.45) is 3.95. The van der Waals surface area contributed by atoms with Crippen molar-refractivity contribution in [2.75, 3.05) is 0 Å². The van der Waals surface area contributed by atoms with Gasteiger partial charge in [0.25, 0.3) is 0 Å². The molecule has 2 heterocycles. The van der Waals surface area contributed by atoms with E-state index < -0.39 is 0 Å². The molecule has 3 heteroatoms. The quantitative estimate of drug-likeness (QED) is 0.735. The zero-order valence-corrected chi connectivity index (χ0v) is 8.20. The maximum absolute atomic E-state index is 4.55. The first kappa shape index (κ1) is 8.29. The van der Waals surface area contributed by atoms with Gasteiger partial charge in [0, 0.05) is 5.56 Å². The van der Waals surface area contributed by atoms with Crippen LogP contribution < -0.4 is 5.32 Å². The zero-order chi connectivity index (χ0) is 10.1. The van der Waals surface area contributed by atoms with Gasteiger partial charge in [-0.15, -0.1) is 0 Å². The second kappa shape index (κ2) is 3.28. The Labute approximate surface area is 87.9 Å². The summed E-state index contributed by atoms with van der Waals surface area (Å²) in [5.74, 6) is 0.939. The van der Waals surface area contributed by atoms with Crippen molar-refractivity contribution in [1.29, 1.82) is 0 Å². The molecule has 0 atom stereocenters. The fourth-order valence-electron chi connectivity index (χ4n) is 1.73. The van der Waals surface area contributed by atoms with Gasteiger partial charge in [0.1, 0.15) is 5.82 Å². The molecule has 3 rings (SSSR count). The highest BCUT2D eigenvalue weighted by atomic mass is 15.0. The summed E-state index contributed by atoms with van der Waals surface area (Å²) in [6.45, 7) is 0.801. The Balaban J connectivity index is 2.07. The Morgan fingerprint density at radius 1 is 1.13 bits per heavy atom. The lowest BCUT2D eigenvalue weighted by Crippen LogP contribution is -2.09. The minimum Gasteiger partial charge on any atom is -0.385 e. The summed E-state index contributed by atoms with van der Waals surface area (Å²) in [5, 5.41) is 3.14. The van der Waals surface area contributed by atoms with Crippen molar-refractivity contribution in [3.63, 3.8) is 0 Å². The van der Waals surface area contributed by atoms with Crippen LogP contribution in [0.5, 0.6) is 0 Å². The summed E-state index contributed by atoms with van der Waals surface area (Å²) < 4.78 is 0. The molecule has 1 aromatic heterocycles. The molecule has 0 saturated carbocycles. The molecule has 2 aromatic rings. The van der Waals surface area contributed by atoms with Gasteiger partial charge in [0.15, 0.2) is 0 Å². The first-order valence-corrected chi connectivity index (χ1v) is 4.98. The van der Waals surface area contributed by atoms with Crippen molar-refractivity contribution in [3.8, 4) is 11.4 Å². The zero-order valence-electron chi connectivity index (χ0n) is 8.20. The van der Waals surface area contributed by atoms with Crippen molar-refractivity contribution >= 4 is 6.08 Å². The number of rotatable bonds is 1. The first-order chi connectivity index (χ1) is 7.43. The van der Waals surface area contributed by atoms with E-state index in [0.29, 0.717) is 0 Å². The predicted octanol–water partition coefficient (Wildman–Crippen LogP) is 2.15. The normalized spacial score (nSPS) is 13.3. The Morgan fingerprint density at radius 3 is 2.80 bits per heavy atom. The topological polar surface area (TPSA) is 40.7 Å². The molecule has 1 aliphatic rings. The van der Waals surface area contributed by atoms with Crippen LogP contribution in [-0.2, 0) is 6.54 Å². The van der Waals surface area contributed by atoms with E-state index in [1.165, 1.54) is 0 Å². The second-order valence-corrected chi connectivity index (χ2v) is 3.53. The lowest BCUT2D eigenvalue weighted by atomic mass is 10.2. The smallest absolute Gasteiger partial charge is 0.138 e. The van der Waals surface area contributed by atoms with Gasteiger partial charge in [-0.05, 0) is 12.3 Å². The van der Waals surface area contributed by atoms with Gasteiger partial charge in [0.05, 0.1) is 17.9 Å². The van der Waals surface area contributed by atoms with Crippen LogP contribution in [0.2, 0.25) is 0 Å². The molecular weight excluding hydrogens is 186 g/mol. The van der Waals surface area contributed by atoms with Crippen LogP contribution in [0.1, 0.15) is 11.4 Å². The number of imidazole rings is 1. The molecule has 0 saturated heterocycles. The Kier molecular flexibility index (Phi) is 1.81. The van der Waals surface area contributed by atoms with Crippen molar-refractivity contribution in [2.45, 2.75) is 6.54 Å². The maximum Gasteiger partial charge on any atom is 0.138 e. The van der Waals surface area contributed by atoms with Crippen LogP contribution in [0.15, 0.2) is 36.5 Å². The molecule has 0 fully saturated rings. The number of aromatic nitrogens is 2. The summed E-state index contributed by atoms with van der Waals surface area (Å²) in [6, 6.07) is 10.2. The van der Waals surface area contributed by atoms with E-state index in [2.05, 4.69) is 27.4 Å². The van der Waals surface area contributed by atoms with Crippen molar-refractivity contribution < 1.29 is 0 Å². The Morgan fingerprint density at radius 2 is 2.00 bits per heavy atom. The summed E-state index contributed by atoms with van der Waals surface area (Å²) in [4.78, 5) is 7.86. The molecule has 0 spiro atoms. The monoisotopic (exact) mass is 197 g/mol. The fraction of sp³-hybridized carbons (Fsp3) is 0.0833. The number of fused-ring (bicyclic) bond motifs is 1. The molecule has 3 nitrogen and oxygen atoms in total. The lowest BCUT2D eigenvalue weighted by Gasteiger charge is -2.03. The highest BCUT2D eigenvalue weighted by Gasteiger charge is 2.10. The first-order valence-electron chi connectivity index (χ1n) is 4.98. The minimum atomic E-state index is 0.801. The van der Waals surface area contributed by atoms with E-state index >= 15 is 0 Å². The summed E-state index contributed by atoms with van der Waals surface area (Å²) >= 11 is 0. The average molecular weight is 197 g/mol. The van der Waals surface area contributed by atoms with Gasteiger partial charge >= 0.3 is 0 Å². The maximum atomic E-state index is 4.55. The van der Waals surface area contributed by atoms with Crippen LogP contribution >= 0.6 is 0 Å². The summed E-state index contributed by atoms with van der Waals surface area (Å²) in [5.41, 5.74) is 3.31. The van der Waals surface area contributed by atoms with E-state index in [9.17, 15) is 0 Å². The molecule has 0 amide bonds. The van der Waals surface area contributed by atoms with Gasteiger partial charge in [0.2, 0.25) is 0 Å². The number of hydrogen-bond donors (Lipinski definition) is 2. The number of hydrogen-bond acceptors (Lipinski definition) is 2. The van der Waals surface area contributed by atoms with Crippen LogP contribution in [0.4, 0.5) is 0 Å². The van der Waals surface area contributed by atoms with Crippen LogP contribution in [0.3, 0.4) is 0 Å². The molecule has 0 radical (unpaired) electrons. The Hall–Kier alpha value is -2.03. The van der Waals surface area contributed by atoms with Gasteiger partial charge in [-0.2, -0.15) is 0 Å². The van der Waals surface area contributed by atoms with Crippen molar-refractivity contribution in [1.82, 2.24) is 15.3 Å². The third-order valence-corrected chi connectivity index (χ3v) is 2.50. The molecule has 0 aliphatic carbocycles. The number of H-pyrrole nitrogens is 1. The van der Waals surface area contributed by atoms with E-state index in [1.54, 1.807) is 0 Å². The van der Waals surface area contributed by atoms with Crippen LogP contribution in [-0.4, -0.2) is 9.97 Å². The third-order valence-electron chi connectivity index (χ3n) is 2.50. The average Bonchev–Trinajstić information content (AvgIpc) is 2.74. The fourth-order valence-corrected chi connectivity index (χ4v) is 1.73. The molecule has 2 N–H and O–H groups in total. The largest absolute Gasteiger partial charge is 0.385 e. The molecule has 74 valence electrons. The molecular formula is C12H11N3. The van der Waals surface area contributed by atoms with E-state index in [1.807, 2.05) is 30.5 Å². The van der Waals surface area contributed by atoms with Gasteiger partial charge < -0.3 is 10.3 Å². The standard InChI is InChI=1S/C12H11N3/c1-2-4-9(5-3-1)12-14-10-6-7-13-8-11(10)15-12/h1-7,13H,8H2,(H,14,15). The number of benzene rings is 1. The van der Waals surface area contributed by atoms with E-state index in [4.69, 9.17) is 0 Å². The van der Waals surface area contributed by atoms with E-state index in [0.717, 1.165) is 29.3 Å². The van der Waals surface area contributed by atoms with Crippen molar-refractivity contribution in [3.05, 3.63) is 47.9 Å². The number of nitrogens with one attached hydrogen (secondary N) is 2. The molecule has 1 aliphatic heterocycles. The minimum absolute atomic E-state index is 0.801. The lowest BCUT2D eigenvalue weighted by molar-refractivity contribution is 0.832.